The molecule has 1 heterocycles. The van der Waals surface area contributed by atoms with Crippen molar-refractivity contribution in [3.05, 3.63) is 48.0 Å². The molecule has 2 heteroatoms. The van der Waals surface area contributed by atoms with Crippen molar-refractivity contribution in [2.75, 3.05) is 13.7 Å². The highest BCUT2D eigenvalue weighted by atomic mass is 16.7. The molecular weight excluding hydrogens is 176 g/mol. The van der Waals surface area contributed by atoms with E-state index in [0.29, 0.717) is 6.61 Å². The van der Waals surface area contributed by atoms with Crippen LogP contribution in [0.15, 0.2) is 42.5 Å². The maximum atomic E-state index is 5.67. The summed E-state index contributed by atoms with van der Waals surface area (Å²) >= 11 is 0. The number of hydrogen-bond donors (Lipinski definition) is 0. The lowest BCUT2D eigenvalue weighted by Crippen LogP contribution is -2.26. The fraction of sp³-hybridized carbons (Fsp3) is 0.333. The third kappa shape index (κ3) is 1.47. The Bertz CT molecular complexity index is 331. The molecule has 0 saturated carbocycles. The molecule has 0 aliphatic carbocycles. The molecule has 1 saturated heterocycles. The van der Waals surface area contributed by atoms with Gasteiger partial charge in [0, 0.05) is 19.1 Å². The highest BCUT2D eigenvalue weighted by Gasteiger charge is 2.38. The molecule has 1 unspecified atom stereocenters. The number of methoxy groups -OCH3 is 1. The van der Waals surface area contributed by atoms with Crippen LogP contribution in [0.4, 0.5) is 0 Å². The lowest BCUT2D eigenvalue weighted by molar-refractivity contribution is -0.201. The zero-order valence-electron chi connectivity index (χ0n) is 8.32. The summed E-state index contributed by atoms with van der Waals surface area (Å²) in [7, 11) is 1.67. The average molecular weight is 190 g/mol. The van der Waals surface area contributed by atoms with E-state index in [1.807, 2.05) is 30.3 Å². The molecule has 1 aromatic rings. The second-order valence-electron chi connectivity index (χ2n) is 3.54. The van der Waals surface area contributed by atoms with E-state index >= 15 is 0 Å². The number of benzene rings is 1. The molecule has 1 aliphatic heterocycles. The van der Waals surface area contributed by atoms with Gasteiger partial charge in [0.05, 0.1) is 6.61 Å². The number of rotatable bonds is 2. The van der Waals surface area contributed by atoms with Gasteiger partial charge in [-0.15, -0.1) is 0 Å². The Morgan fingerprint density at radius 2 is 2.07 bits per heavy atom. The van der Waals surface area contributed by atoms with E-state index in [9.17, 15) is 0 Å². The summed E-state index contributed by atoms with van der Waals surface area (Å²) in [4.78, 5) is 0. The molecule has 0 N–H and O–H groups in total. The standard InChI is InChI=1S/C12H14O2/c1-10-8-12(13-2,14-9-10)11-6-4-3-5-7-11/h3-7H,1,8-9H2,2H3. The van der Waals surface area contributed by atoms with Crippen molar-refractivity contribution in [3.8, 4) is 0 Å². The summed E-state index contributed by atoms with van der Waals surface area (Å²) < 4.78 is 11.1. The van der Waals surface area contributed by atoms with Gasteiger partial charge in [0.1, 0.15) is 0 Å². The Hall–Kier alpha value is -1.12. The maximum Gasteiger partial charge on any atom is 0.198 e. The summed E-state index contributed by atoms with van der Waals surface area (Å²) in [6.45, 7) is 4.50. The topological polar surface area (TPSA) is 18.5 Å². The van der Waals surface area contributed by atoms with Crippen LogP contribution in [0.3, 0.4) is 0 Å². The molecule has 74 valence electrons. The van der Waals surface area contributed by atoms with Crippen molar-refractivity contribution >= 4 is 0 Å². The summed E-state index contributed by atoms with van der Waals surface area (Å²) in [6, 6.07) is 9.99. The molecule has 1 aromatic carbocycles. The first kappa shape index (κ1) is 9.44. The van der Waals surface area contributed by atoms with Gasteiger partial charge in [-0.2, -0.15) is 0 Å². The van der Waals surface area contributed by atoms with Gasteiger partial charge in [-0.1, -0.05) is 36.9 Å². The van der Waals surface area contributed by atoms with Gasteiger partial charge in [-0.3, -0.25) is 0 Å². The third-order valence-corrected chi connectivity index (χ3v) is 2.54. The first-order valence-electron chi connectivity index (χ1n) is 4.68. The molecule has 0 amide bonds. The van der Waals surface area contributed by atoms with Gasteiger partial charge in [0.15, 0.2) is 5.79 Å². The highest BCUT2D eigenvalue weighted by molar-refractivity contribution is 5.24. The van der Waals surface area contributed by atoms with Crippen LogP contribution in [-0.4, -0.2) is 13.7 Å². The molecule has 0 bridgehead atoms. The van der Waals surface area contributed by atoms with Crippen molar-refractivity contribution < 1.29 is 9.47 Å². The summed E-state index contributed by atoms with van der Waals surface area (Å²) in [5, 5.41) is 0. The van der Waals surface area contributed by atoms with Crippen LogP contribution in [0, 0.1) is 0 Å². The van der Waals surface area contributed by atoms with Gasteiger partial charge in [-0.05, 0) is 5.57 Å². The van der Waals surface area contributed by atoms with E-state index in [1.54, 1.807) is 7.11 Å². The van der Waals surface area contributed by atoms with Crippen molar-refractivity contribution in [1.82, 2.24) is 0 Å². The summed E-state index contributed by atoms with van der Waals surface area (Å²) in [5.74, 6) is -0.599. The van der Waals surface area contributed by atoms with Crippen LogP contribution >= 0.6 is 0 Å². The van der Waals surface area contributed by atoms with Crippen LogP contribution in [0.1, 0.15) is 12.0 Å². The Morgan fingerprint density at radius 1 is 1.36 bits per heavy atom. The minimum absolute atomic E-state index is 0.586. The highest BCUT2D eigenvalue weighted by Crippen LogP contribution is 2.38. The maximum absolute atomic E-state index is 5.67. The van der Waals surface area contributed by atoms with Crippen LogP contribution in [0.5, 0.6) is 0 Å². The van der Waals surface area contributed by atoms with Crippen molar-refractivity contribution in [1.29, 1.82) is 0 Å². The molecule has 14 heavy (non-hydrogen) atoms. The quantitative estimate of drug-likeness (QED) is 0.667. The molecule has 1 fully saturated rings. The van der Waals surface area contributed by atoms with Gasteiger partial charge < -0.3 is 9.47 Å². The van der Waals surface area contributed by atoms with Crippen molar-refractivity contribution in [2.45, 2.75) is 12.2 Å². The Morgan fingerprint density at radius 3 is 2.57 bits per heavy atom. The molecule has 2 rings (SSSR count). The Kier molecular flexibility index (Phi) is 2.40. The monoisotopic (exact) mass is 190 g/mol. The Balaban J connectivity index is 2.34. The van der Waals surface area contributed by atoms with E-state index in [0.717, 1.165) is 17.6 Å². The van der Waals surface area contributed by atoms with Crippen LogP contribution < -0.4 is 0 Å². The predicted octanol–water partition coefficient (Wildman–Crippen LogP) is 2.46. The van der Waals surface area contributed by atoms with Crippen molar-refractivity contribution in [3.63, 3.8) is 0 Å². The Labute approximate surface area is 84.2 Å². The molecule has 2 nitrogen and oxygen atoms in total. The van der Waals surface area contributed by atoms with Crippen LogP contribution in [-0.2, 0) is 15.3 Å². The van der Waals surface area contributed by atoms with Gasteiger partial charge >= 0.3 is 0 Å². The summed E-state index contributed by atoms with van der Waals surface area (Å²) in [6.07, 6.45) is 0.744. The van der Waals surface area contributed by atoms with E-state index in [1.165, 1.54) is 0 Å². The number of ether oxygens (including phenoxy) is 2. The minimum atomic E-state index is -0.599. The average Bonchev–Trinajstić information content (AvgIpc) is 2.63. The fourth-order valence-electron chi connectivity index (χ4n) is 1.78. The second-order valence-corrected chi connectivity index (χ2v) is 3.54. The molecule has 0 aromatic heterocycles. The first-order valence-corrected chi connectivity index (χ1v) is 4.68. The molecule has 1 aliphatic rings. The fourth-order valence-corrected chi connectivity index (χ4v) is 1.78. The minimum Gasteiger partial charge on any atom is -0.349 e. The van der Waals surface area contributed by atoms with Crippen LogP contribution in [0.2, 0.25) is 0 Å². The van der Waals surface area contributed by atoms with Gasteiger partial charge in [0.2, 0.25) is 0 Å². The van der Waals surface area contributed by atoms with Gasteiger partial charge in [0.25, 0.3) is 0 Å². The van der Waals surface area contributed by atoms with E-state index in [2.05, 4.69) is 6.58 Å². The zero-order valence-corrected chi connectivity index (χ0v) is 8.32. The predicted molar refractivity (Wildman–Crippen MR) is 54.8 cm³/mol. The molecule has 0 spiro atoms. The second kappa shape index (κ2) is 3.56. The smallest absolute Gasteiger partial charge is 0.198 e. The zero-order chi connectivity index (χ0) is 10.0. The molecule has 0 radical (unpaired) electrons. The van der Waals surface area contributed by atoms with E-state index in [-0.39, 0.29) is 0 Å². The normalized spacial score (nSPS) is 26.8. The van der Waals surface area contributed by atoms with Gasteiger partial charge in [-0.25, -0.2) is 0 Å². The van der Waals surface area contributed by atoms with Crippen LogP contribution in [0.25, 0.3) is 0 Å². The van der Waals surface area contributed by atoms with Crippen molar-refractivity contribution in [2.24, 2.45) is 0 Å². The SMILES string of the molecule is C=C1COC(OC)(c2ccccc2)C1. The molecule has 1 atom stereocenters. The largest absolute Gasteiger partial charge is 0.349 e. The summed E-state index contributed by atoms with van der Waals surface area (Å²) in [5.41, 5.74) is 2.14. The number of hydrogen-bond acceptors (Lipinski definition) is 2. The molecular formula is C12H14O2. The van der Waals surface area contributed by atoms with E-state index in [4.69, 9.17) is 9.47 Å². The van der Waals surface area contributed by atoms with E-state index < -0.39 is 5.79 Å². The lowest BCUT2D eigenvalue weighted by Gasteiger charge is -2.26. The lowest BCUT2D eigenvalue weighted by atomic mass is 10.0. The first-order chi connectivity index (χ1) is 6.77. The third-order valence-electron chi connectivity index (χ3n) is 2.54.